The van der Waals surface area contributed by atoms with E-state index in [9.17, 15) is 35.1 Å². The molecule has 1 amide bonds. The van der Waals surface area contributed by atoms with E-state index in [0.717, 1.165) is 57.8 Å². The van der Waals surface area contributed by atoms with Crippen molar-refractivity contribution in [2.75, 3.05) is 13.2 Å². The fourth-order valence-electron chi connectivity index (χ4n) is 11.5. The number of unbranched alkanes of at least 4 members (excludes halogenated alkanes) is 46. The summed E-state index contributed by atoms with van der Waals surface area (Å²) in [6, 6.07) is -1.02. The number of ether oxygens (including phenoxy) is 3. The average Bonchev–Trinajstić information content (AvgIpc) is 3.66. The van der Waals surface area contributed by atoms with Crippen molar-refractivity contribution in [3.05, 3.63) is 24.3 Å². The highest BCUT2D eigenvalue weighted by Gasteiger charge is 2.47. The molecule has 0 radical (unpaired) electrons. The van der Waals surface area contributed by atoms with Gasteiger partial charge in [-0.1, -0.05) is 321 Å². The van der Waals surface area contributed by atoms with Crippen molar-refractivity contribution in [3.8, 4) is 0 Å². The Kier molecular flexibility index (Phi) is 56.7. The Morgan fingerprint density at radius 2 is 0.805 bits per heavy atom. The summed E-state index contributed by atoms with van der Waals surface area (Å²) in [6.07, 6.45) is 60.8. The molecule has 0 bridgehead atoms. The van der Waals surface area contributed by atoms with Gasteiger partial charge in [-0.2, -0.15) is 0 Å². The van der Waals surface area contributed by atoms with E-state index in [1.807, 2.05) is 6.08 Å². The van der Waals surface area contributed by atoms with E-state index in [0.29, 0.717) is 19.3 Å². The molecule has 1 aliphatic rings. The quantitative estimate of drug-likeness (QED) is 0.0195. The van der Waals surface area contributed by atoms with Gasteiger partial charge in [0.1, 0.15) is 24.4 Å². The summed E-state index contributed by atoms with van der Waals surface area (Å²) in [5.74, 6) is -1.18. The molecule has 11 nitrogen and oxygen atoms in total. The summed E-state index contributed by atoms with van der Waals surface area (Å²) in [7, 11) is 0. The van der Waals surface area contributed by atoms with Crippen LogP contribution in [0.15, 0.2) is 24.3 Å². The third-order valence-electron chi connectivity index (χ3n) is 17.1. The number of allylic oxidation sites excluding steroid dienone is 3. The number of hydrogen-bond donors (Lipinski definition) is 6. The summed E-state index contributed by atoms with van der Waals surface area (Å²) in [4.78, 5) is 26.7. The highest BCUT2D eigenvalue weighted by molar-refractivity contribution is 5.80. The molecular formula is C71H135NO10. The summed E-state index contributed by atoms with van der Waals surface area (Å²) in [6.45, 7) is 5.84. The van der Waals surface area contributed by atoms with Crippen LogP contribution in [0.2, 0.25) is 0 Å². The third-order valence-corrected chi connectivity index (χ3v) is 17.1. The van der Waals surface area contributed by atoms with Gasteiger partial charge in [0.15, 0.2) is 12.4 Å². The van der Waals surface area contributed by atoms with E-state index in [1.165, 1.54) is 250 Å². The van der Waals surface area contributed by atoms with E-state index >= 15 is 0 Å². The average molecular weight is 1160 g/mol. The summed E-state index contributed by atoms with van der Waals surface area (Å²) in [5.41, 5.74) is 0. The highest BCUT2D eigenvalue weighted by atomic mass is 16.7. The summed E-state index contributed by atoms with van der Waals surface area (Å²) >= 11 is 0. The number of amides is 1. The molecule has 0 aromatic carbocycles. The molecule has 0 saturated carbocycles. The Morgan fingerprint density at radius 1 is 0.463 bits per heavy atom. The van der Waals surface area contributed by atoms with Crippen LogP contribution in [0.4, 0.5) is 0 Å². The third kappa shape index (κ3) is 46.4. The number of carbonyl (C=O) groups is 2. The minimum Gasteiger partial charge on any atom is -0.454 e. The van der Waals surface area contributed by atoms with Crippen LogP contribution in [0.1, 0.15) is 355 Å². The van der Waals surface area contributed by atoms with Crippen molar-refractivity contribution >= 4 is 11.9 Å². The largest absolute Gasteiger partial charge is 0.454 e. The van der Waals surface area contributed by atoms with Crippen molar-refractivity contribution in [1.29, 1.82) is 0 Å². The lowest BCUT2D eigenvalue weighted by molar-refractivity contribution is -0.305. The van der Waals surface area contributed by atoms with Crippen LogP contribution in [0.25, 0.3) is 0 Å². The number of nitrogens with one attached hydrogen (secondary N) is 1. The maximum atomic E-state index is 13.5. The topological polar surface area (TPSA) is 175 Å². The van der Waals surface area contributed by atoms with E-state index in [1.54, 1.807) is 6.08 Å². The first-order valence-corrected chi connectivity index (χ1v) is 35.6. The number of rotatable bonds is 62. The lowest BCUT2D eigenvalue weighted by atomic mass is 9.99. The molecule has 1 fully saturated rings. The van der Waals surface area contributed by atoms with Crippen molar-refractivity contribution in [2.45, 2.75) is 404 Å². The van der Waals surface area contributed by atoms with Gasteiger partial charge in [-0.25, -0.2) is 0 Å². The van der Waals surface area contributed by atoms with Gasteiger partial charge in [0.25, 0.3) is 0 Å². The zero-order valence-electron chi connectivity index (χ0n) is 53.9. The SMILES string of the molecule is CCCCCCCC/C=C/CCCCCCCCCCCCC(O)C(=O)NC(COC1OC(CO)C(O)C(O)C1OC(=O)CCCCCCCCCCCCCCCCCCCCCCC)C(O)/C=C/CCCCCCCCCCCC. The molecule has 11 heteroatoms. The first-order chi connectivity index (χ1) is 40.2. The molecule has 1 heterocycles. The number of hydrogen-bond acceptors (Lipinski definition) is 10. The van der Waals surface area contributed by atoms with Crippen LogP contribution in [-0.2, 0) is 23.8 Å². The van der Waals surface area contributed by atoms with E-state index in [2.05, 4.69) is 38.2 Å². The molecule has 0 aromatic heterocycles. The second-order valence-corrected chi connectivity index (χ2v) is 25.0. The molecule has 1 saturated heterocycles. The van der Waals surface area contributed by atoms with E-state index < -0.39 is 67.4 Å². The Labute approximate surface area is 505 Å². The minimum atomic E-state index is -1.61. The van der Waals surface area contributed by atoms with Gasteiger partial charge in [-0.05, 0) is 51.4 Å². The molecule has 484 valence electrons. The smallest absolute Gasteiger partial charge is 0.306 e. The minimum absolute atomic E-state index is 0.130. The van der Waals surface area contributed by atoms with Crippen molar-refractivity contribution in [2.24, 2.45) is 0 Å². The Bertz CT molecular complexity index is 1430. The van der Waals surface area contributed by atoms with Gasteiger partial charge in [0.05, 0.1) is 25.4 Å². The van der Waals surface area contributed by atoms with Crippen molar-refractivity contribution < 1.29 is 49.3 Å². The van der Waals surface area contributed by atoms with Crippen molar-refractivity contribution in [1.82, 2.24) is 5.32 Å². The highest BCUT2D eigenvalue weighted by Crippen LogP contribution is 2.26. The fraction of sp³-hybridized carbons (Fsp3) is 0.915. The second-order valence-electron chi connectivity index (χ2n) is 25.0. The maximum absolute atomic E-state index is 13.5. The molecule has 0 aromatic rings. The molecule has 1 rings (SSSR count). The number of carbonyl (C=O) groups excluding carboxylic acids is 2. The standard InChI is InChI=1S/C71H135NO10/c1-4-7-10-13-16-19-22-25-27-29-31-33-35-37-39-41-44-47-50-53-56-59-66(76)82-69-68(78)67(77)65(60-73)81-71(69)80-61-62(63(74)57-54-51-48-45-42-24-21-18-15-12-9-6-3)72-70(79)64(75)58-55-52-49-46-43-40-38-36-34-32-30-28-26-23-20-17-14-11-8-5-2/h26,28,54,57,62-65,67-69,71,73-75,77-78H,4-25,27,29-53,55-56,58-61H2,1-3H3,(H,72,79)/b28-26+,57-54+. The van der Waals surface area contributed by atoms with Crippen LogP contribution in [0, 0.1) is 0 Å². The zero-order chi connectivity index (χ0) is 59.6. The first kappa shape index (κ1) is 78.2. The van der Waals surface area contributed by atoms with Gasteiger partial charge in [-0.3, -0.25) is 9.59 Å². The predicted molar refractivity (Wildman–Crippen MR) is 343 cm³/mol. The Hall–Kier alpha value is -1.86. The fourth-order valence-corrected chi connectivity index (χ4v) is 11.5. The summed E-state index contributed by atoms with van der Waals surface area (Å²) < 4.78 is 17.7. The van der Waals surface area contributed by atoms with Gasteiger partial charge < -0.3 is 45.1 Å². The van der Waals surface area contributed by atoms with Gasteiger partial charge >= 0.3 is 5.97 Å². The summed E-state index contributed by atoms with van der Waals surface area (Å²) in [5, 5.41) is 57.2. The molecule has 0 aliphatic carbocycles. The molecule has 82 heavy (non-hydrogen) atoms. The second kappa shape index (κ2) is 59.5. The van der Waals surface area contributed by atoms with Gasteiger partial charge in [0.2, 0.25) is 5.91 Å². The number of aliphatic hydroxyl groups is 5. The zero-order valence-corrected chi connectivity index (χ0v) is 53.9. The molecule has 8 unspecified atom stereocenters. The van der Waals surface area contributed by atoms with Crippen LogP contribution < -0.4 is 5.32 Å². The molecule has 8 atom stereocenters. The van der Waals surface area contributed by atoms with Crippen LogP contribution in [0.3, 0.4) is 0 Å². The monoisotopic (exact) mass is 1160 g/mol. The molecule has 1 aliphatic heterocycles. The van der Waals surface area contributed by atoms with E-state index in [4.69, 9.17) is 14.2 Å². The Balaban J connectivity index is 2.57. The Morgan fingerprint density at radius 3 is 1.18 bits per heavy atom. The van der Waals surface area contributed by atoms with Crippen LogP contribution in [0.5, 0.6) is 0 Å². The molecule has 6 N–H and O–H groups in total. The first-order valence-electron chi connectivity index (χ1n) is 35.6. The van der Waals surface area contributed by atoms with Gasteiger partial charge in [-0.15, -0.1) is 0 Å². The number of aliphatic hydroxyl groups excluding tert-OH is 5. The number of esters is 1. The lowest BCUT2D eigenvalue weighted by Crippen LogP contribution is -2.61. The van der Waals surface area contributed by atoms with Crippen LogP contribution in [-0.4, -0.2) is 99.6 Å². The molecule has 0 spiro atoms. The van der Waals surface area contributed by atoms with Gasteiger partial charge in [0, 0.05) is 6.42 Å². The predicted octanol–water partition coefficient (Wildman–Crippen LogP) is 18.0. The normalized spacial score (nSPS) is 18.7. The van der Waals surface area contributed by atoms with E-state index in [-0.39, 0.29) is 13.0 Å². The van der Waals surface area contributed by atoms with Crippen LogP contribution >= 0.6 is 0 Å². The van der Waals surface area contributed by atoms with Crippen molar-refractivity contribution in [3.63, 3.8) is 0 Å². The molecular weight excluding hydrogens is 1030 g/mol. The lowest BCUT2D eigenvalue weighted by Gasteiger charge is -2.41. The maximum Gasteiger partial charge on any atom is 0.306 e.